The highest BCUT2D eigenvalue weighted by molar-refractivity contribution is 5.59. The molecule has 0 aliphatic carbocycles. The van der Waals surface area contributed by atoms with Gasteiger partial charge in [-0.05, 0) is 0 Å². The van der Waals surface area contributed by atoms with Crippen molar-refractivity contribution < 1.29 is 114 Å². The van der Waals surface area contributed by atoms with Crippen LogP contribution in [0.1, 0.15) is 0 Å². The van der Waals surface area contributed by atoms with Crippen LogP contribution in [0.3, 0.4) is 0 Å². The molecule has 0 aromatic rings. The fourth-order valence-corrected chi connectivity index (χ4v) is 5.58. The minimum Gasteiger partial charge on any atom is -0.431 e. The van der Waals surface area contributed by atoms with E-state index in [4.69, 9.17) is 37.9 Å². The molecule has 23 nitrogen and oxygen atoms in total. The molecule has 4 heterocycles. The second-order valence-electron chi connectivity index (χ2n) is 11.6. The summed E-state index contributed by atoms with van der Waals surface area (Å²) >= 11 is 0. The first-order chi connectivity index (χ1) is 22.6. The Balaban J connectivity index is 1.34. The topological polar surface area (TPSA) is 374 Å². The second kappa shape index (κ2) is 15.8. The summed E-state index contributed by atoms with van der Waals surface area (Å²) in [6.07, 6.45) is -31.0. The maximum absolute atomic E-state index is 12.4. The van der Waals surface area contributed by atoms with Crippen molar-refractivity contribution in [2.24, 2.45) is 0 Å². The van der Waals surface area contributed by atoms with Gasteiger partial charge in [-0.2, -0.15) is 0 Å². The first kappa shape index (κ1) is 39.3. The monoisotopic (exact) mass is 710 g/mol. The Hall–Kier alpha value is -1.53. The van der Waals surface area contributed by atoms with Crippen LogP contribution >= 0.6 is 0 Å². The van der Waals surface area contributed by atoms with Crippen molar-refractivity contribution in [1.29, 1.82) is 0 Å². The van der Waals surface area contributed by atoms with E-state index < -0.39 is 155 Å². The van der Waals surface area contributed by atoms with E-state index in [-0.39, 0.29) is 0 Å². The van der Waals surface area contributed by atoms with Gasteiger partial charge in [0.15, 0.2) is 12.6 Å². The smallest absolute Gasteiger partial charge is 0.431 e. The fourth-order valence-electron chi connectivity index (χ4n) is 5.58. The van der Waals surface area contributed by atoms with E-state index in [9.17, 15) is 76.3 Å². The first-order valence-corrected chi connectivity index (χ1v) is 14.7. The van der Waals surface area contributed by atoms with E-state index in [2.05, 4.69) is 0 Å². The van der Waals surface area contributed by atoms with Crippen molar-refractivity contribution in [3.63, 3.8) is 0 Å². The molecule has 4 aliphatic rings. The summed E-state index contributed by atoms with van der Waals surface area (Å²) in [7, 11) is 0. The minimum absolute atomic E-state index is 0.802. The van der Waals surface area contributed by atoms with E-state index in [1.54, 1.807) is 0 Å². The molecule has 48 heavy (non-hydrogen) atoms. The molecule has 0 spiro atoms. The Labute approximate surface area is 270 Å². The van der Waals surface area contributed by atoms with Gasteiger partial charge < -0.3 is 109 Å². The number of ether oxygens (including phenoxy) is 8. The molecule has 4 aliphatic heterocycles. The third-order valence-electron chi connectivity index (χ3n) is 8.51. The first-order valence-electron chi connectivity index (χ1n) is 14.7. The van der Waals surface area contributed by atoms with Gasteiger partial charge in [-0.15, -0.1) is 0 Å². The maximum Gasteiger partial charge on any atom is 0.508 e. The van der Waals surface area contributed by atoms with E-state index in [0.717, 1.165) is 0 Å². The number of carbonyl (C=O) groups excluding carboxylic acids is 1. The number of carbonyl (C=O) groups is 1. The van der Waals surface area contributed by atoms with Crippen molar-refractivity contribution in [2.75, 3.05) is 39.6 Å². The van der Waals surface area contributed by atoms with Crippen molar-refractivity contribution in [3.8, 4) is 0 Å². The van der Waals surface area contributed by atoms with E-state index in [1.165, 1.54) is 0 Å². The molecule has 4 fully saturated rings. The number of aliphatic hydroxyl groups excluding tert-OH is 14. The van der Waals surface area contributed by atoms with Crippen molar-refractivity contribution in [2.45, 2.75) is 110 Å². The van der Waals surface area contributed by atoms with Gasteiger partial charge in [-0.1, -0.05) is 0 Å². The molecule has 0 bridgehead atoms. The summed E-state index contributed by atoms with van der Waals surface area (Å²) in [5.74, 6) is -4.91. The summed E-state index contributed by atoms with van der Waals surface area (Å²) in [6.45, 7) is -5.66. The standard InChI is InChI=1S/C25H42O23/c26-1-7-13(32)19(38)24(5-28,45-7)47-21-17(36)15(34)11(30)9(43-21)3-41-23(40)42-4-10-12(31)16(35)18(37)22(44-10)48-25(6-29)20(39)14(33)8(2-27)46-25/h7-22,26-39H,1-6H2/t7-,8-,9-,10-,11-,12-,13-,14-,15+,16+,17-,18-,19+,20+,21-,22-,24+,25+/m1/s1. The van der Waals surface area contributed by atoms with Crippen molar-refractivity contribution in [1.82, 2.24) is 0 Å². The predicted molar refractivity (Wildman–Crippen MR) is 140 cm³/mol. The van der Waals surface area contributed by atoms with Gasteiger partial charge in [-0.25, -0.2) is 4.79 Å². The normalized spacial score (nSPS) is 49.6. The van der Waals surface area contributed by atoms with Gasteiger partial charge in [0.25, 0.3) is 0 Å². The van der Waals surface area contributed by atoms with Crippen LogP contribution in [0.5, 0.6) is 0 Å². The van der Waals surface area contributed by atoms with Gasteiger partial charge >= 0.3 is 6.16 Å². The third-order valence-corrected chi connectivity index (χ3v) is 8.51. The van der Waals surface area contributed by atoms with Crippen LogP contribution in [-0.2, 0) is 37.9 Å². The minimum atomic E-state index is -2.45. The predicted octanol–water partition coefficient (Wildman–Crippen LogP) is -9.61. The van der Waals surface area contributed by atoms with Crippen LogP contribution in [0.25, 0.3) is 0 Å². The molecule has 0 saturated carbocycles. The highest BCUT2D eigenvalue weighted by Crippen LogP contribution is 2.37. The number of hydrogen-bond acceptors (Lipinski definition) is 23. The van der Waals surface area contributed by atoms with E-state index >= 15 is 0 Å². The average molecular weight is 711 g/mol. The molecule has 18 atom stereocenters. The molecule has 0 amide bonds. The van der Waals surface area contributed by atoms with Crippen LogP contribution in [0, 0.1) is 0 Å². The van der Waals surface area contributed by atoms with Crippen LogP contribution in [-0.4, -0.2) is 227 Å². The van der Waals surface area contributed by atoms with Crippen LogP contribution in [0.4, 0.5) is 4.79 Å². The van der Waals surface area contributed by atoms with Crippen LogP contribution < -0.4 is 0 Å². The zero-order valence-electron chi connectivity index (χ0n) is 24.9. The van der Waals surface area contributed by atoms with Gasteiger partial charge in [0.05, 0.1) is 13.2 Å². The highest BCUT2D eigenvalue weighted by atomic mass is 16.8. The van der Waals surface area contributed by atoms with E-state index in [1.807, 2.05) is 0 Å². The fraction of sp³-hybridized carbons (Fsp3) is 0.960. The molecule has 280 valence electrons. The van der Waals surface area contributed by atoms with Gasteiger partial charge in [-0.3, -0.25) is 0 Å². The summed E-state index contributed by atoms with van der Waals surface area (Å²) in [4.78, 5) is 12.4. The lowest BCUT2D eigenvalue weighted by Gasteiger charge is -2.43. The zero-order chi connectivity index (χ0) is 35.7. The molecule has 14 N–H and O–H groups in total. The lowest BCUT2D eigenvalue weighted by Crippen LogP contribution is -2.63. The Morgan fingerprint density at radius 2 is 0.854 bits per heavy atom. The summed E-state index contributed by atoms with van der Waals surface area (Å²) in [5.41, 5.74) is 0. The molecule has 0 radical (unpaired) electrons. The summed E-state index contributed by atoms with van der Waals surface area (Å²) < 4.78 is 41.5. The Morgan fingerprint density at radius 3 is 1.15 bits per heavy atom. The highest BCUT2D eigenvalue weighted by Gasteiger charge is 2.60. The average Bonchev–Trinajstić information content (AvgIpc) is 3.47. The Morgan fingerprint density at radius 1 is 0.500 bits per heavy atom. The van der Waals surface area contributed by atoms with Gasteiger partial charge in [0.1, 0.15) is 112 Å². The lowest BCUT2D eigenvalue weighted by molar-refractivity contribution is -0.384. The van der Waals surface area contributed by atoms with Crippen LogP contribution in [0.2, 0.25) is 0 Å². The molecular weight excluding hydrogens is 668 g/mol. The molecule has 0 unspecified atom stereocenters. The number of rotatable bonds is 12. The zero-order valence-corrected chi connectivity index (χ0v) is 24.9. The number of aliphatic hydroxyl groups is 14. The molecular formula is C25H42O23. The number of hydrogen-bond donors (Lipinski definition) is 14. The molecule has 4 rings (SSSR count). The molecule has 0 aromatic carbocycles. The van der Waals surface area contributed by atoms with Gasteiger partial charge in [0, 0.05) is 0 Å². The largest absolute Gasteiger partial charge is 0.508 e. The third kappa shape index (κ3) is 7.41. The van der Waals surface area contributed by atoms with Crippen LogP contribution in [0.15, 0.2) is 0 Å². The second-order valence-corrected chi connectivity index (χ2v) is 11.6. The Bertz CT molecular complexity index is 977. The quantitative estimate of drug-likeness (QED) is 0.0836. The maximum atomic E-state index is 12.4. The molecule has 23 heteroatoms. The summed E-state index contributed by atoms with van der Waals surface area (Å²) in [5, 5.41) is 141. The lowest BCUT2D eigenvalue weighted by atomic mass is 9.99. The summed E-state index contributed by atoms with van der Waals surface area (Å²) in [6, 6.07) is 0. The Kier molecular flexibility index (Phi) is 12.9. The SMILES string of the molecule is O=C(OC[C@H]1O[C@H](O[C@]2(CO)O[C@H](CO)[C@@H](O)[C@@H]2O)[C@H](O)[C@@H](O)[C@@H]1O)OC[C@H]1O[C@H](O[C@]2(CO)O[C@H](CO)[C@@H](O)[C@@H]2O)[C@H](O)[C@@H](O)[C@@H]1O. The van der Waals surface area contributed by atoms with Crippen molar-refractivity contribution >= 4 is 6.16 Å². The van der Waals surface area contributed by atoms with Crippen molar-refractivity contribution in [3.05, 3.63) is 0 Å². The van der Waals surface area contributed by atoms with Gasteiger partial charge in [0.2, 0.25) is 11.6 Å². The molecule has 0 aromatic heterocycles. The molecule has 4 saturated heterocycles. The van der Waals surface area contributed by atoms with E-state index in [0.29, 0.717) is 0 Å².